The van der Waals surface area contributed by atoms with E-state index in [0.717, 1.165) is 77.5 Å². The van der Waals surface area contributed by atoms with Crippen molar-refractivity contribution in [1.82, 2.24) is 15.0 Å². The van der Waals surface area contributed by atoms with Crippen LogP contribution >= 0.6 is 0 Å². The van der Waals surface area contributed by atoms with Gasteiger partial charge in [-0.2, -0.15) is 0 Å². The first-order valence-corrected chi connectivity index (χ1v) is 12.9. The summed E-state index contributed by atoms with van der Waals surface area (Å²) in [6.07, 6.45) is 1.79. The molecule has 8 rings (SSSR count). The topological polar surface area (TPSA) is 51.8 Å². The average molecular weight is 500 g/mol. The normalized spacial score (nSPS) is 11.6. The molecule has 4 heteroatoms. The van der Waals surface area contributed by atoms with Crippen LogP contribution in [0.3, 0.4) is 0 Å². The van der Waals surface area contributed by atoms with Gasteiger partial charge < -0.3 is 4.42 Å². The summed E-state index contributed by atoms with van der Waals surface area (Å²) in [5, 5.41) is 4.37. The monoisotopic (exact) mass is 499 g/mol. The van der Waals surface area contributed by atoms with Gasteiger partial charge in [-0.15, -0.1) is 0 Å². The van der Waals surface area contributed by atoms with Gasteiger partial charge in [0, 0.05) is 33.3 Å². The Kier molecular flexibility index (Phi) is 4.79. The number of benzene rings is 4. The highest BCUT2D eigenvalue weighted by atomic mass is 16.3. The first-order chi connectivity index (χ1) is 19.3. The molecule has 4 aromatic carbocycles. The van der Waals surface area contributed by atoms with Crippen molar-refractivity contribution in [3.8, 4) is 33.8 Å². The second-order valence-electron chi connectivity index (χ2n) is 9.67. The molecular formula is C35H21N3O. The van der Waals surface area contributed by atoms with Crippen LogP contribution in [0.2, 0.25) is 0 Å². The molecule has 0 saturated carbocycles. The van der Waals surface area contributed by atoms with Gasteiger partial charge in [0.05, 0.1) is 28.1 Å². The van der Waals surface area contributed by atoms with E-state index in [4.69, 9.17) is 14.4 Å². The zero-order valence-corrected chi connectivity index (χ0v) is 20.9. The van der Waals surface area contributed by atoms with Crippen LogP contribution in [0.4, 0.5) is 0 Å². The second kappa shape index (κ2) is 8.61. The molecule has 0 N–H and O–H groups in total. The Morgan fingerprint density at radius 1 is 0.487 bits per heavy atom. The van der Waals surface area contributed by atoms with Crippen molar-refractivity contribution >= 4 is 43.7 Å². The first-order valence-electron chi connectivity index (χ1n) is 12.9. The smallest absolute Gasteiger partial charge is 0.136 e. The van der Waals surface area contributed by atoms with E-state index in [1.165, 1.54) is 0 Å². The van der Waals surface area contributed by atoms with Gasteiger partial charge in [-0.25, -0.2) is 9.97 Å². The fourth-order valence-electron chi connectivity index (χ4n) is 5.45. The SMILES string of the molecule is c1ccc(-c2ccc3ccc4ccc(-c5cccc(-c6cccc7oc8ccccc8c67)c5)nc4c3n2)nc1. The maximum Gasteiger partial charge on any atom is 0.136 e. The van der Waals surface area contributed by atoms with Crippen molar-refractivity contribution in [3.05, 3.63) is 128 Å². The maximum absolute atomic E-state index is 6.14. The molecule has 0 saturated heterocycles. The van der Waals surface area contributed by atoms with E-state index in [-0.39, 0.29) is 0 Å². The minimum Gasteiger partial charge on any atom is -0.456 e. The lowest BCUT2D eigenvalue weighted by atomic mass is 9.97. The van der Waals surface area contributed by atoms with Crippen molar-refractivity contribution in [3.63, 3.8) is 0 Å². The van der Waals surface area contributed by atoms with Crippen molar-refractivity contribution < 1.29 is 4.42 Å². The van der Waals surface area contributed by atoms with Gasteiger partial charge in [0.1, 0.15) is 11.2 Å². The third kappa shape index (κ3) is 3.57. The van der Waals surface area contributed by atoms with Gasteiger partial charge in [0.2, 0.25) is 0 Å². The quantitative estimate of drug-likeness (QED) is 0.228. The molecule has 0 aliphatic rings. The Labute approximate surface area is 224 Å². The van der Waals surface area contributed by atoms with Crippen molar-refractivity contribution in [1.29, 1.82) is 0 Å². The highest BCUT2D eigenvalue weighted by Crippen LogP contribution is 2.37. The average Bonchev–Trinajstić information content (AvgIpc) is 3.40. The number of aromatic nitrogens is 3. The lowest BCUT2D eigenvalue weighted by Gasteiger charge is -2.09. The number of hydrogen-bond acceptors (Lipinski definition) is 4. The Balaban J connectivity index is 1.29. The standard InChI is InChI=1S/C35H21N3O/c1-2-12-31-27(9-1)33-26(10-6-13-32(33)39-31)24-7-5-8-25(21-24)28-18-16-22-14-15-23-17-19-30(29-11-3-4-20-36-29)38-35(23)34(22)37-28/h1-21H. The van der Waals surface area contributed by atoms with Crippen molar-refractivity contribution in [2.24, 2.45) is 0 Å². The molecular weight excluding hydrogens is 478 g/mol. The van der Waals surface area contributed by atoms with Gasteiger partial charge in [0.25, 0.3) is 0 Å². The van der Waals surface area contributed by atoms with Crippen LogP contribution in [0.5, 0.6) is 0 Å². The molecule has 0 aliphatic heterocycles. The molecule has 0 amide bonds. The Morgan fingerprint density at radius 2 is 1.18 bits per heavy atom. The molecule has 182 valence electrons. The van der Waals surface area contributed by atoms with Gasteiger partial charge in [-0.1, -0.05) is 78.9 Å². The van der Waals surface area contributed by atoms with Gasteiger partial charge in [0.15, 0.2) is 0 Å². The molecule has 0 aliphatic carbocycles. The van der Waals surface area contributed by atoms with Crippen LogP contribution < -0.4 is 0 Å². The van der Waals surface area contributed by atoms with E-state index in [9.17, 15) is 0 Å². The van der Waals surface area contributed by atoms with Crippen LogP contribution in [0.25, 0.3) is 77.5 Å². The Hall–Kier alpha value is -5.35. The van der Waals surface area contributed by atoms with Gasteiger partial charge >= 0.3 is 0 Å². The van der Waals surface area contributed by atoms with Crippen LogP contribution in [0, 0.1) is 0 Å². The molecule has 0 atom stereocenters. The van der Waals surface area contributed by atoms with Crippen molar-refractivity contribution in [2.75, 3.05) is 0 Å². The molecule has 0 spiro atoms. The van der Waals surface area contributed by atoms with E-state index in [0.29, 0.717) is 0 Å². The Bertz CT molecular complexity index is 2180. The fourth-order valence-corrected chi connectivity index (χ4v) is 5.45. The minimum absolute atomic E-state index is 0.838. The minimum atomic E-state index is 0.838. The highest BCUT2D eigenvalue weighted by Gasteiger charge is 2.14. The fraction of sp³-hybridized carbons (Fsp3) is 0. The van der Waals surface area contributed by atoms with E-state index in [1.54, 1.807) is 6.20 Å². The summed E-state index contributed by atoms with van der Waals surface area (Å²) in [4.78, 5) is 14.6. The van der Waals surface area contributed by atoms with E-state index in [1.807, 2.05) is 42.5 Å². The summed E-state index contributed by atoms with van der Waals surface area (Å²) in [6, 6.07) is 41.4. The zero-order valence-electron chi connectivity index (χ0n) is 20.9. The molecule has 0 bridgehead atoms. The lowest BCUT2D eigenvalue weighted by Crippen LogP contribution is -1.92. The molecule has 4 nitrogen and oxygen atoms in total. The summed E-state index contributed by atoms with van der Waals surface area (Å²) >= 11 is 0. The largest absolute Gasteiger partial charge is 0.456 e. The lowest BCUT2D eigenvalue weighted by molar-refractivity contribution is 0.669. The van der Waals surface area contributed by atoms with E-state index >= 15 is 0 Å². The summed E-state index contributed by atoms with van der Waals surface area (Å²) in [6.45, 7) is 0. The molecule has 8 aromatic rings. The molecule has 0 radical (unpaired) electrons. The van der Waals surface area contributed by atoms with Gasteiger partial charge in [-0.3, -0.25) is 4.98 Å². The molecule has 4 heterocycles. The van der Waals surface area contributed by atoms with Crippen LogP contribution in [-0.4, -0.2) is 15.0 Å². The predicted octanol–water partition coefficient (Wildman–Crippen LogP) is 9.08. The van der Waals surface area contributed by atoms with Crippen molar-refractivity contribution in [2.45, 2.75) is 0 Å². The molecule has 0 fully saturated rings. The van der Waals surface area contributed by atoms with Crippen LogP contribution in [-0.2, 0) is 0 Å². The zero-order chi connectivity index (χ0) is 25.8. The second-order valence-corrected chi connectivity index (χ2v) is 9.67. The highest BCUT2D eigenvalue weighted by molar-refractivity contribution is 6.12. The molecule has 0 unspecified atom stereocenters. The summed E-state index contributed by atoms with van der Waals surface area (Å²) in [5.41, 5.74) is 9.47. The third-order valence-corrected chi connectivity index (χ3v) is 7.32. The van der Waals surface area contributed by atoms with Crippen LogP contribution in [0.15, 0.2) is 132 Å². The predicted molar refractivity (Wildman–Crippen MR) is 158 cm³/mol. The summed E-state index contributed by atoms with van der Waals surface area (Å²) < 4.78 is 6.14. The number of pyridine rings is 3. The summed E-state index contributed by atoms with van der Waals surface area (Å²) in [7, 11) is 0. The third-order valence-electron chi connectivity index (χ3n) is 7.32. The molecule has 39 heavy (non-hydrogen) atoms. The van der Waals surface area contributed by atoms with Crippen LogP contribution in [0.1, 0.15) is 0 Å². The van der Waals surface area contributed by atoms with E-state index < -0.39 is 0 Å². The van der Waals surface area contributed by atoms with E-state index in [2.05, 4.69) is 83.8 Å². The number of hydrogen-bond donors (Lipinski definition) is 0. The van der Waals surface area contributed by atoms with Gasteiger partial charge in [-0.05, 0) is 53.6 Å². The number of rotatable bonds is 3. The number of fused-ring (bicyclic) bond motifs is 6. The number of furan rings is 1. The first kappa shape index (κ1) is 21.7. The number of nitrogens with zero attached hydrogens (tertiary/aromatic N) is 3. The Morgan fingerprint density at radius 3 is 2.03 bits per heavy atom. The molecule has 4 aromatic heterocycles. The number of para-hydroxylation sites is 1. The summed E-state index contributed by atoms with van der Waals surface area (Å²) in [5.74, 6) is 0. The maximum atomic E-state index is 6.14.